The van der Waals surface area contributed by atoms with Crippen LogP contribution in [0, 0.1) is 0 Å². The van der Waals surface area contributed by atoms with Crippen molar-refractivity contribution in [2.75, 3.05) is 0 Å². The molecule has 0 aromatic heterocycles. The van der Waals surface area contributed by atoms with Crippen molar-refractivity contribution in [3.05, 3.63) is 0 Å². The number of rotatable bonds is 0. The van der Waals surface area contributed by atoms with Crippen LogP contribution < -0.4 is 0 Å². The van der Waals surface area contributed by atoms with E-state index in [4.69, 9.17) is 0 Å². The Kier molecular flexibility index (Phi) is 201. The molecule has 5 heteroatoms. The molecule has 5 heavy (non-hydrogen) atoms. The summed E-state index contributed by atoms with van der Waals surface area (Å²) >= 11 is 0. The summed E-state index contributed by atoms with van der Waals surface area (Å²) in [6.45, 7) is 0. The van der Waals surface area contributed by atoms with Gasteiger partial charge < -0.3 is 0 Å². The largest absolute Gasteiger partial charge is 0 e. The molecule has 0 N–H and O–H groups in total. The Morgan fingerprint density at radius 2 is 1.00 bits per heavy atom. The molecule has 0 aliphatic rings. The van der Waals surface area contributed by atoms with Gasteiger partial charge in [-0.1, -0.05) is 0 Å². The first-order valence-corrected chi connectivity index (χ1v) is 0. The van der Waals surface area contributed by atoms with E-state index in [0.717, 1.165) is 0 Å². The summed E-state index contributed by atoms with van der Waals surface area (Å²) in [4.78, 5) is 0. The first kappa shape index (κ1) is 38.9. The van der Waals surface area contributed by atoms with Crippen LogP contribution in [0.15, 0.2) is 0 Å². The summed E-state index contributed by atoms with van der Waals surface area (Å²) in [7, 11) is 0. The van der Waals surface area contributed by atoms with Crippen LogP contribution in [-0.2, 0) is 55.9 Å². The van der Waals surface area contributed by atoms with E-state index in [1.807, 2.05) is 0 Å². The Bertz CT molecular complexity index is 11.6. The Hall–Kier alpha value is 3.52. The molecule has 0 unspecified atom stereocenters. The van der Waals surface area contributed by atoms with Crippen molar-refractivity contribution >= 4 is 52.6 Å². The molecule has 0 aromatic carbocycles. The first-order valence-electron chi connectivity index (χ1n) is 0. The third kappa shape index (κ3) is 18.5. The zero-order valence-corrected chi connectivity index (χ0v) is 4.86. The molecule has 2 radical (unpaired) electrons. The Balaban J connectivity index is 0. The van der Waals surface area contributed by atoms with Crippen molar-refractivity contribution in [3.8, 4) is 0 Å². The van der Waals surface area contributed by atoms with Crippen molar-refractivity contribution in [1.29, 1.82) is 0 Å². The summed E-state index contributed by atoms with van der Waals surface area (Å²) in [6, 6.07) is 0. The molecule has 0 aliphatic heterocycles. The molecule has 0 saturated heterocycles. The van der Waals surface area contributed by atoms with Gasteiger partial charge in [-0.3, -0.25) is 0 Å². The van der Waals surface area contributed by atoms with E-state index in [-0.39, 0.29) is 108 Å². The van der Waals surface area contributed by atoms with Crippen LogP contribution in [0.1, 0.15) is 0 Å². The third-order valence-electron chi connectivity index (χ3n) is 0. The number of hydrogen-bond donors (Lipinski definition) is 0. The van der Waals surface area contributed by atoms with E-state index in [1.54, 1.807) is 0 Å². The van der Waals surface area contributed by atoms with Gasteiger partial charge in [-0.2, -0.15) is 0 Å². The van der Waals surface area contributed by atoms with Gasteiger partial charge in [0.15, 0.2) is 0 Å². The first-order chi connectivity index (χ1) is 0. The molecule has 0 spiro atoms. The molecule has 0 fully saturated rings. The van der Waals surface area contributed by atoms with Gasteiger partial charge in [0, 0.05) is 55.9 Å². The third-order valence-corrected chi connectivity index (χ3v) is 0. The van der Waals surface area contributed by atoms with Gasteiger partial charge >= 0.3 is 52.6 Å². The molecule has 0 heterocycles. The van der Waals surface area contributed by atoms with Crippen LogP contribution in [0.2, 0.25) is 0 Å². The minimum atomic E-state index is 0. The molecule has 0 aromatic rings. The molecular weight excluding hydrogens is 214 g/mol. The van der Waals surface area contributed by atoms with Crippen LogP contribution in [-0.4, -0.2) is 52.6 Å². The zero-order valence-electron chi connectivity index (χ0n) is 1.18. The van der Waals surface area contributed by atoms with E-state index in [1.165, 1.54) is 0 Å². The fourth-order valence-electron chi connectivity index (χ4n) is 0. The second-order valence-electron chi connectivity index (χ2n) is 0. The van der Waals surface area contributed by atoms with Crippen LogP contribution in [0.25, 0.3) is 0 Å². The summed E-state index contributed by atoms with van der Waals surface area (Å²) in [5.41, 5.74) is 0. The monoisotopic (exact) mass is 216 g/mol. The van der Waals surface area contributed by atoms with Crippen LogP contribution in [0.5, 0.6) is 0 Å². The molecule has 0 rings (SSSR count). The molecule has 0 saturated carbocycles. The maximum atomic E-state index is 0. The minimum absolute atomic E-state index is 0. The standard InChI is InChI=1S/Cu.Mg.Mn.Na.Ti.3H. The Morgan fingerprint density at radius 3 is 1.00 bits per heavy atom. The molecular formula is H3CuMgMnNaTi. The quantitative estimate of drug-likeness (QED) is 0.429. The van der Waals surface area contributed by atoms with Crippen LogP contribution in [0.4, 0.5) is 0 Å². The predicted molar refractivity (Wildman–Crippen MR) is 15.7 cm³/mol. The van der Waals surface area contributed by atoms with Gasteiger partial charge in [-0.05, 0) is 0 Å². The van der Waals surface area contributed by atoms with E-state index < -0.39 is 0 Å². The maximum Gasteiger partial charge on any atom is 0 e. The fourth-order valence-corrected chi connectivity index (χ4v) is 0. The van der Waals surface area contributed by atoms with Crippen molar-refractivity contribution in [2.45, 2.75) is 0 Å². The topological polar surface area (TPSA) is 0 Å². The van der Waals surface area contributed by atoms with Crippen molar-refractivity contribution in [3.63, 3.8) is 0 Å². The molecule has 0 nitrogen and oxygen atoms in total. The minimum Gasteiger partial charge on any atom is 0 e. The maximum absolute atomic E-state index is 0. The van der Waals surface area contributed by atoms with Crippen molar-refractivity contribution in [2.24, 2.45) is 0 Å². The molecule has 0 amide bonds. The van der Waals surface area contributed by atoms with E-state index >= 15 is 0 Å². The van der Waals surface area contributed by atoms with Gasteiger partial charge in [-0.15, -0.1) is 0 Å². The van der Waals surface area contributed by atoms with Crippen molar-refractivity contribution < 1.29 is 55.9 Å². The molecule has 0 atom stereocenters. The van der Waals surface area contributed by atoms with E-state index in [2.05, 4.69) is 0 Å². The smallest absolute Gasteiger partial charge is 0 e. The summed E-state index contributed by atoms with van der Waals surface area (Å²) in [5.74, 6) is 0. The molecule has 0 aliphatic carbocycles. The second kappa shape index (κ2) is 25.8. The summed E-state index contributed by atoms with van der Waals surface area (Å²) in [5, 5.41) is 0. The van der Waals surface area contributed by atoms with Gasteiger partial charge in [0.1, 0.15) is 0 Å². The summed E-state index contributed by atoms with van der Waals surface area (Å²) in [6.07, 6.45) is 0. The average molecular weight is 217 g/mol. The second-order valence-corrected chi connectivity index (χ2v) is 0. The zero-order chi connectivity index (χ0) is 0. The number of hydrogen-bond acceptors (Lipinski definition) is 0. The average Bonchev–Trinajstić information content (AvgIpc) is 0. The van der Waals surface area contributed by atoms with Crippen molar-refractivity contribution in [1.82, 2.24) is 0 Å². The predicted octanol–water partition coefficient (Wildman–Crippen LogP) is -1.57. The van der Waals surface area contributed by atoms with Gasteiger partial charge in [0.2, 0.25) is 0 Å². The van der Waals surface area contributed by atoms with Gasteiger partial charge in [-0.25, -0.2) is 0 Å². The molecule has 0 bridgehead atoms. The van der Waals surface area contributed by atoms with Gasteiger partial charge in [0.25, 0.3) is 0 Å². The SMILES string of the molecule is [Cu].[MgH2].[Mn].[NaH].[Ti]. The van der Waals surface area contributed by atoms with E-state index in [0.29, 0.717) is 0 Å². The Labute approximate surface area is 106 Å². The normalized spacial score (nSPS) is 0. The van der Waals surface area contributed by atoms with Gasteiger partial charge in [0.05, 0.1) is 0 Å². The van der Waals surface area contributed by atoms with Crippen LogP contribution in [0.3, 0.4) is 0 Å². The van der Waals surface area contributed by atoms with Crippen LogP contribution >= 0.6 is 0 Å². The van der Waals surface area contributed by atoms with E-state index in [9.17, 15) is 0 Å². The molecule has 28 valence electrons. The summed E-state index contributed by atoms with van der Waals surface area (Å²) < 4.78 is 0. The fraction of sp³-hybridized carbons (Fsp3) is 0. The Morgan fingerprint density at radius 1 is 1.00 bits per heavy atom.